The minimum atomic E-state index is 0.988. The monoisotopic (exact) mass is 230 g/mol. The lowest BCUT2D eigenvalue weighted by atomic mass is 10.2. The van der Waals surface area contributed by atoms with Crippen LogP contribution in [-0.2, 0) is 6.42 Å². The zero-order chi connectivity index (χ0) is 12.1. The van der Waals surface area contributed by atoms with E-state index in [0.717, 1.165) is 30.8 Å². The summed E-state index contributed by atoms with van der Waals surface area (Å²) >= 11 is 0. The summed E-state index contributed by atoms with van der Waals surface area (Å²) in [5.41, 5.74) is 3.49. The molecule has 0 spiro atoms. The molecule has 0 saturated carbocycles. The summed E-state index contributed by atoms with van der Waals surface area (Å²) in [6.45, 7) is 3.10. The number of rotatable bonds is 5. The van der Waals surface area contributed by atoms with Crippen LogP contribution in [0.4, 0.5) is 0 Å². The Bertz CT molecular complexity index is 459. The van der Waals surface area contributed by atoms with E-state index in [2.05, 4.69) is 46.8 Å². The summed E-state index contributed by atoms with van der Waals surface area (Å²) in [5, 5.41) is 11.3. The molecule has 1 aromatic heterocycles. The topological polar surface area (TPSA) is 42.7 Å². The predicted octanol–water partition coefficient (Wildman–Crippen LogP) is 1.73. The number of hydrogen-bond acceptors (Lipinski definition) is 3. The van der Waals surface area contributed by atoms with Crippen molar-refractivity contribution in [3.8, 4) is 5.69 Å². The van der Waals surface area contributed by atoms with Crippen LogP contribution in [0.2, 0.25) is 0 Å². The molecule has 1 N–H and O–H groups in total. The summed E-state index contributed by atoms with van der Waals surface area (Å²) in [5.74, 6) is 0. The van der Waals surface area contributed by atoms with Crippen LogP contribution in [0.15, 0.2) is 30.5 Å². The smallest absolute Gasteiger partial charge is 0.0729 e. The van der Waals surface area contributed by atoms with Gasteiger partial charge >= 0.3 is 0 Å². The van der Waals surface area contributed by atoms with Gasteiger partial charge in [0.1, 0.15) is 0 Å². The highest BCUT2D eigenvalue weighted by Crippen LogP contribution is 2.11. The Balaban J connectivity index is 2.15. The lowest BCUT2D eigenvalue weighted by Crippen LogP contribution is -2.10. The van der Waals surface area contributed by atoms with E-state index in [9.17, 15) is 0 Å². The molecule has 4 heteroatoms. The van der Waals surface area contributed by atoms with Crippen LogP contribution in [0.3, 0.4) is 0 Å². The number of aryl methyl sites for hydroxylation is 2. The van der Waals surface area contributed by atoms with E-state index in [1.54, 1.807) is 0 Å². The van der Waals surface area contributed by atoms with Gasteiger partial charge in [0, 0.05) is 0 Å². The van der Waals surface area contributed by atoms with Crippen molar-refractivity contribution >= 4 is 0 Å². The molecule has 90 valence electrons. The minimum absolute atomic E-state index is 0.988. The third kappa shape index (κ3) is 2.91. The van der Waals surface area contributed by atoms with E-state index in [1.807, 2.05) is 17.9 Å². The molecule has 0 radical (unpaired) electrons. The first kappa shape index (κ1) is 11.8. The van der Waals surface area contributed by atoms with Crippen molar-refractivity contribution in [2.75, 3.05) is 13.6 Å². The van der Waals surface area contributed by atoms with Gasteiger partial charge in [0.15, 0.2) is 0 Å². The average molecular weight is 230 g/mol. The van der Waals surface area contributed by atoms with Crippen molar-refractivity contribution in [1.29, 1.82) is 0 Å². The molecule has 2 aromatic rings. The van der Waals surface area contributed by atoms with Crippen LogP contribution in [-0.4, -0.2) is 28.6 Å². The Labute approximate surface area is 102 Å². The molecule has 0 amide bonds. The maximum Gasteiger partial charge on any atom is 0.0729 e. The summed E-state index contributed by atoms with van der Waals surface area (Å²) in [6.07, 6.45) is 3.92. The average Bonchev–Trinajstić information content (AvgIpc) is 2.79. The number of hydrogen-bond donors (Lipinski definition) is 1. The fourth-order valence-corrected chi connectivity index (χ4v) is 1.78. The van der Waals surface area contributed by atoms with E-state index in [4.69, 9.17) is 0 Å². The molecule has 17 heavy (non-hydrogen) atoms. The first-order valence-electron chi connectivity index (χ1n) is 5.92. The molecule has 0 fully saturated rings. The van der Waals surface area contributed by atoms with E-state index < -0.39 is 0 Å². The molecule has 0 bridgehead atoms. The molecule has 0 aliphatic heterocycles. The van der Waals surface area contributed by atoms with Crippen LogP contribution < -0.4 is 5.32 Å². The van der Waals surface area contributed by atoms with Gasteiger partial charge in [0.05, 0.1) is 17.6 Å². The fourth-order valence-electron chi connectivity index (χ4n) is 1.78. The molecular weight excluding hydrogens is 212 g/mol. The highest BCUT2D eigenvalue weighted by Gasteiger charge is 2.05. The molecule has 2 rings (SSSR count). The van der Waals surface area contributed by atoms with Crippen molar-refractivity contribution in [2.24, 2.45) is 0 Å². The maximum atomic E-state index is 4.14. The second-order valence-electron chi connectivity index (χ2n) is 4.18. The van der Waals surface area contributed by atoms with Crippen LogP contribution >= 0.6 is 0 Å². The Morgan fingerprint density at radius 3 is 2.71 bits per heavy atom. The van der Waals surface area contributed by atoms with E-state index in [-0.39, 0.29) is 0 Å². The Hall–Kier alpha value is -1.68. The van der Waals surface area contributed by atoms with Gasteiger partial charge in [-0.05, 0) is 45.5 Å². The van der Waals surface area contributed by atoms with Crippen molar-refractivity contribution in [1.82, 2.24) is 20.3 Å². The molecule has 0 unspecified atom stereocenters. The normalized spacial score (nSPS) is 10.7. The first-order valence-corrected chi connectivity index (χ1v) is 5.92. The zero-order valence-electron chi connectivity index (χ0n) is 10.3. The second-order valence-corrected chi connectivity index (χ2v) is 4.18. The van der Waals surface area contributed by atoms with Crippen LogP contribution in [0.5, 0.6) is 0 Å². The molecule has 0 atom stereocenters. The molecular formula is C13H18N4. The number of nitrogens with zero attached hydrogens (tertiary/aromatic N) is 3. The lowest BCUT2D eigenvalue weighted by molar-refractivity contribution is 0.687. The fraction of sp³-hybridized carbons (Fsp3) is 0.385. The quantitative estimate of drug-likeness (QED) is 0.795. The number of benzene rings is 1. The molecule has 0 aliphatic carbocycles. The zero-order valence-corrected chi connectivity index (χ0v) is 10.3. The van der Waals surface area contributed by atoms with Crippen LogP contribution in [0.25, 0.3) is 5.69 Å². The highest BCUT2D eigenvalue weighted by molar-refractivity contribution is 5.34. The van der Waals surface area contributed by atoms with Gasteiger partial charge in [-0.2, -0.15) is 0 Å². The minimum Gasteiger partial charge on any atom is -0.320 e. The Kier molecular flexibility index (Phi) is 3.88. The van der Waals surface area contributed by atoms with Gasteiger partial charge in [0.2, 0.25) is 0 Å². The molecule has 4 nitrogen and oxygen atoms in total. The molecule has 1 aromatic carbocycles. The summed E-state index contributed by atoms with van der Waals surface area (Å²) in [4.78, 5) is 0. The van der Waals surface area contributed by atoms with Gasteiger partial charge < -0.3 is 5.32 Å². The van der Waals surface area contributed by atoms with Crippen molar-refractivity contribution < 1.29 is 0 Å². The third-order valence-electron chi connectivity index (χ3n) is 2.76. The van der Waals surface area contributed by atoms with Crippen molar-refractivity contribution in [3.05, 3.63) is 41.7 Å². The Morgan fingerprint density at radius 1 is 1.24 bits per heavy atom. The SMILES string of the molecule is CNCCCc1cnnn1-c1ccc(C)cc1. The number of nitrogens with one attached hydrogen (secondary N) is 1. The van der Waals surface area contributed by atoms with E-state index in [0.29, 0.717) is 0 Å². The van der Waals surface area contributed by atoms with Crippen molar-refractivity contribution in [3.63, 3.8) is 0 Å². The predicted molar refractivity (Wildman–Crippen MR) is 68.3 cm³/mol. The lowest BCUT2D eigenvalue weighted by Gasteiger charge is -2.06. The van der Waals surface area contributed by atoms with Gasteiger partial charge in [-0.15, -0.1) is 5.10 Å². The summed E-state index contributed by atoms with van der Waals surface area (Å²) < 4.78 is 1.91. The molecule has 0 saturated heterocycles. The van der Waals surface area contributed by atoms with Gasteiger partial charge in [-0.25, -0.2) is 4.68 Å². The molecule has 1 heterocycles. The Morgan fingerprint density at radius 2 is 2.00 bits per heavy atom. The maximum absolute atomic E-state index is 4.14. The van der Waals surface area contributed by atoms with Crippen LogP contribution in [0, 0.1) is 6.92 Å². The number of aromatic nitrogens is 3. The second kappa shape index (κ2) is 5.59. The molecule has 0 aliphatic rings. The van der Waals surface area contributed by atoms with Crippen LogP contribution in [0.1, 0.15) is 17.7 Å². The largest absolute Gasteiger partial charge is 0.320 e. The van der Waals surface area contributed by atoms with Gasteiger partial charge in [-0.1, -0.05) is 22.9 Å². The van der Waals surface area contributed by atoms with E-state index >= 15 is 0 Å². The summed E-state index contributed by atoms with van der Waals surface area (Å²) in [7, 11) is 1.97. The van der Waals surface area contributed by atoms with E-state index in [1.165, 1.54) is 5.56 Å². The highest BCUT2D eigenvalue weighted by atomic mass is 15.4. The summed E-state index contributed by atoms with van der Waals surface area (Å²) in [6, 6.07) is 8.33. The van der Waals surface area contributed by atoms with Gasteiger partial charge in [-0.3, -0.25) is 0 Å². The van der Waals surface area contributed by atoms with Crippen molar-refractivity contribution in [2.45, 2.75) is 19.8 Å². The third-order valence-corrected chi connectivity index (χ3v) is 2.76. The standard InChI is InChI=1S/C13H18N4/c1-11-5-7-12(8-6-11)17-13(10-15-16-17)4-3-9-14-2/h5-8,10,14H,3-4,9H2,1-2H3. The van der Waals surface area contributed by atoms with Gasteiger partial charge in [0.25, 0.3) is 0 Å². The first-order chi connectivity index (χ1) is 8.31.